The van der Waals surface area contributed by atoms with Gasteiger partial charge in [0.05, 0.1) is 12.7 Å². The summed E-state index contributed by atoms with van der Waals surface area (Å²) in [5.41, 5.74) is 4.67. The van der Waals surface area contributed by atoms with Crippen molar-refractivity contribution in [2.45, 2.75) is 26.9 Å². The molecule has 148 valence electrons. The van der Waals surface area contributed by atoms with Crippen LogP contribution in [0.3, 0.4) is 0 Å². The zero-order chi connectivity index (χ0) is 20.5. The van der Waals surface area contributed by atoms with Crippen LogP contribution in [0.5, 0.6) is 5.75 Å². The number of ether oxygens (including phenoxy) is 1. The molecule has 4 rings (SSSR count). The van der Waals surface area contributed by atoms with E-state index in [-0.39, 0.29) is 5.56 Å². The van der Waals surface area contributed by atoms with Crippen LogP contribution in [-0.4, -0.2) is 22.6 Å². The van der Waals surface area contributed by atoms with Crippen LogP contribution < -0.4 is 25.9 Å². The van der Waals surface area contributed by atoms with Gasteiger partial charge in [0.15, 0.2) is 6.17 Å². The molecule has 0 amide bonds. The van der Waals surface area contributed by atoms with Crippen molar-refractivity contribution in [1.82, 2.24) is 9.55 Å². The van der Waals surface area contributed by atoms with Crippen LogP contribution in [0.2, 0.25) is 0 Å². The Labute approximate surface area is 169 Å². The van der Waals surface area contributed by atoms with Crippen molar-refractivity contribution in [3.8, 4) is 5.75 Å². The zero-order valence-corrected chi connectivity index (χ0v) is 16.9. The molecule has 0 fully saturated rings. The second-order valence-electron chi connectivity index (χ2n) is 7.09. The maximum absolute atomic E-state index is 12.8. The Morgan fingerprint density at radius 1 is 1.14 bits per heavy atom. The van der Waals surface area contributed by atoms with Crippen molar-refractivity contribution in [3.05, 3.63) is 81.3 Å². The summed E-state index contributed by atoms with van der Waals surface area (Å²) >= 11 is 0. The molecule has 0 saturated carbocycles. The lowest BCUT2D eigenvalue weighted by Crippen LogP contribution is -2.82. The second kappa shape index (κ2) is 7.43. The highest BCUT2D eigenvalue weighted by atomic mass is 16.5. The van der Waals surface area contributed by atoms with Crippen molar-refractivity contribution < 1.29 is 9.73 Å². The van der Waals surface area contributed by atoms with Crippen molar-refractivity contribution in [1.29, 1.82) is 0 Å². The Hall–Kier alpha value is -3.61. The number of fused-ring (bicyclic) bond motifs is 1. The highest BCUT2D eigenvalue weighted by molar-refractivity contribution is 5.99. The highest BCUT2D eigenvalue weighted by Crippen LogP contribution is 2.25. The van der Waals surface area contributed by atoms with E-state index in [0.29, 0.717) is 23.4 Å². The summed E-state index contributed by atoms with van der Waals surface area (Å²) in [5, 5.41) is 6.62. The van der Waals surface area contributed by atoms with Crippen molar-refractivity contribution in [3.63, 3.8) is 0 Å². The maximum atomic E-state index is 12.8. The number of nitrogens with one attached hydrogen (secondary N) is 3. The number of rotatable bonds is 3. The van der Waals surface area contributed by atoms with Crippen LogP contribution in [0.1, 0.15) is 28.6 Å². The number of aromatic nitrogens is 2. The van der Waals surface area contributed by atoms with Crippen LogP contribution in [0.25, 0.3) is 0 Å². The largest absolute Gasteiger partial charge is 0.496 e. The third-order valence-electron chi connectivity index (χ3n) is 5.15. The lowest BCUT2D eigenvalue weighted by Gasteiger charge is -2.24. The number of benzene rings is 2. The molecule has 2 aromatic carbocycles. The van der Waals surface area contributed by atoms with Crippen molar-refractivity contribution in [2.24, 2.45) is 0 Å². The molecule has 1 aliphatic rings. The Bertz CT molecular complexity index is 1170. The molecular formula is C22H24N5O2+. The van der Waals surface area contributed by atoms with E-state index in [2.05, 4.69) is 40.5 Å². The van der Waals surface area contributed by atoms with Crippen LogP contribution >= 0.6 is 0 Å². The first-order valence-electron chi connectivity index (χ1n) is 9.45. The number of hydrogen-bond donors (Lipinski definition) is 3. The van der Waals surface area contributed by atoms with Gasteiger partial charge >= 0.3 is 5.96 Å². The first kappa shape index (κ1) is 18.7. The van der Waals surface area contributed by atoms with Gasteiger partial charge in [-0.3, -0.25) is 9.79 Å². The summed E-state index contributed by atoms with van der Waals surface area (Å²) in [6.45, 7) is 5.95. The van der Waals surface area contributed by atoms with Gasteiger partial charge in [0.2, 0.25) is 0 Å². The number of guanidine groups is 1. The fraction of sp³-hybridized carbons (Fsp3) is 0.227. The molecule has 0 saturated heterocycles. The topological polar surface area (TPSA) is 82.2 Å². The first-order chi connectivity index (χ1) is 14.0. The molecule has 3 aromatic rings. The van der Waals surface area contributed by atoms with Gasteiger partial charge in [0.1, 0.15) is 11.4 Å². The lowest BCUT2D eigenvalue weighted by molar-refractivity contribution is -0.520. The minimum atomic E-state index is -0.476. The normalized spacial score (nSPS) is 15.2. The zero-order valence-electron chi connectivity index (χ0n) is 16.9. The minimum absolute atomic E-state index is 0.144. The number of aryl methyl sites for hydroxylation is 2. The summed E-state index contributed by atoms with van der Waals surface area (Å²) in [6.07, 6.45) is -0.476. The summed E-state index contributed by atoms with van der Waals surface area (Å²) in [6, 6.07) is 15.3. The highest BCUT2D eigenvalue weighted by Gasteiger charge is 2.31. The molecule has 0 unspecified atom stereocenters. The van der Waals surface area contributed by atoms with Gasteiger partial charge in [-0.15, -0.1) is 0 Å². The number of para-hydroxylation sites is 1. The SMILES string of the molecule is COc1ccccc1[C@H]1[NH+]=C(Nc2cccc(C)c2C)Nc2nc(C)cc(=O)n21. The van der Waals surface area contributed by atoms with E-state index in [4.69, 9.17) is 4.74 Å². The van der Waals surface area contributed by atoms with Crippen molar-refractivity contribution in [2.75, 3.05) is 17.7 Å². The molecule has 0 spiro atoms. The van der Waals surface area contributed by atoms with Crippen LogP contribution in [0.15, 0.2) is 53.3 Å². The fourth-order valence-corrected chi connectivity index (χ4v) is 3.49. The van der Waals surface area contributed by atoms with Gasteiger partial charge in [-0.05, 0) is 50.1 Å². The monoisotopic (exact) mass is 390 g/mol. The number of methoxy groups -OCH3 is 1. The quantitative estimate of drug-likeness (QED) is 0.634. The molecule has 0 aliphatic carbocycles. The van der Waals surface area contributed by atoms with Gasteiger partial charge in [-0.1, -0.05) is 24.3 Å². The molecule has 2 heterocycles. The number of anilines is 2. The first-order valence-corrected chi connectivity index (χ1v) is 9.45. The van der Waals surface area contributed by atoms with E-state index in [1.807, 2.05) is 43.3 Å². The fourth-order valence-electron chi connectivity index (χ4n) is 3.49. The smallest absolute Gasteiger partial charge is 0.357 e. The Morgan fingerprint density at radius 3 is 2.72 bits per heavy atom. The van der Waals surface area contributed by atoms with E-state index in [1.165, 1.54) is 11.6 Å². The predicted octanol–water partition coefficient (Wildman–Crippen LogP) is 1.70. The average Bonchev–Trinajstić information content (AvgIpc) is 2.70. The van der Waals surface area contributed by atoms with Crippen molar-refractivity contribution >= 4 is 17.6 Å². The Kier molecular flexibility index (Phi) is 4.80. The molecule has 3 N–H and O–H groups in total. The van der Waals surface area contributed by atoms with Gasteiger partial charge in [-0.25, -0.2) is 20.2 Å². The van der Waals surface area contributed by atoms with E-state index in [9.17, 15) is 4.79 Å². The average molecular weight is 390 g/mol. The summed E-state index contributed by atoms with van der Waals surface area (Å²) in [7, 11) is 1.62. The lowest BCUT2D eigenvalue weighted by atomic mass is 10.1. The summed E-state index contributed by atoms with van der Waals surface area (Å²) in [4.78, 5) is 20.7. The third-order valence-corrected chi connectivity index (χ3v) is 5.15. The predicted molar refractivity (Wildman–Crippen MR) is 113 cm³/mol. The molecule has 7 heteroatoms. The minimum Gasteiger partial charge on any atom is -0.496 e. The van der Waals surface area contributed by atoms with E-state index in [1.54, 1.807) is 11.7 Å². The van der Waals surface area contributed by atoms with Crippen LogP contribution in [0.4, 0.5) is 11.6 Å². The number of nitrogens with zero attached hydrogens (tertiary/aromatic N) is 2. The Balaban J connectivity index is 1.85. The Morgan fingerprint density at radius 2 is 1.93 bits per heavy atom. The molecule has 1 atom stereocenters. The maximum Gasteiger partial charge on any atom is 0.357 e. The molecule has 0 bridgehead atoms. The van der Waals surface area contributed by atoms with Gasteiger partial charge in [-0.2, -0.15) is 0 Å². The van der Waals surface area contributed by atoms with Gasteiger partial charge < -0.3 is 4.74 Å². The van der Waals surface area contributed by atoms with Crippen LogP contribution in [-0.2, 0) is 0 Å². The molecule has 0 radical (unpaired) electrons. The molecular weight excluding hydrogens is 366 g/mol. The summed E-state index contributed by atoms with van der Waals surface area (Å²) in [5.74, 6) is 1.81. The third kappa shape index (κ3) is 3.47. The summed E-state index contributed by atoms with van der Waals surface area (Å²) < 4.78 is 7.14. The number of hydrogen-bond acceptors (Lipinski definition) is 5. The second-order valence-corrected chi connectivity index (χ2v) is 7.09. The molecule has 1 aliphatic heterocycles. The molecule has 7 nitrogen and oxygen atoms in total. The van der Waals surface area contributed by atoms with E-state index < -0.39 is 6.17 Å². The van der Waals surface area contributed by atoms with Gasteiger partial charge in [0.25, 0.3) is 11.5 Å². The van der Waals surface area contributed by atoms with Gasteiger partial charge in [0, 0.05) is 11.8 Å². The van der Waals surface area contributed by atoms with Crippen LogP contribution in [0, 0.1) is 20.8 Å². The standard InChI is InChI=1S/C22H23N5O2/c1-13-8-7-10-17(15(13)3)24-21-25-20(16-9-5-6-11-18(16)29-4)27-19(28)12-14(2)23-22(27)26-21/h5-12,20H,1-4H3,(H2,23,24,25,26)/p+1/t20-/m0/s1. The van der Waals surface area contributed by atoms with E-state index in [0.717, 1.165) is 16.8 Å². The molecule has 1 aromatic heterocycles. The van der Waals surface area contributed by atoms with E-state index >= 15 is 0 Å². The molecule has 29 heavy (non-hydrogen) atoms.